The van der Waals surface area contributed by atoms with E-state index in [1.54, 1.807) is 62.4 Å². The van der Waals surface area contributed by atoms with Gasteiger partial charge in [0.25, 0.3) is 6.10 Å². The van der Waals surface area contributed by atoms with Gasteiger partial charge in [0.2, 0.25) is 6.10 Å². The molecular weight excluding hydrogens is 520 g/mol. The third kappa shape index (κ3) is 6.85. The number of para-hydroxylation sites is 1. The van der Waals surface area contributed by atoms with Gasteiger partial charge in [-0.1, -0.05) is 50.3 Å². The van der Waals surface area contributed by atoms with Gasteiger partial charge in [-0.05, 0) is 35.6 Å². The summed E-state index contributed by atoms with van der Waals surface area (Å²) < 4.78 is 90.2. The summed E-state index contributed by atoms with van der Waals surface area (Å²) >= 11 is 0. The van der Waals surface area contributed by atoms with Crippen LogP contribution in [0.4, 0.5) is 26.3 Å². The number of alkyl halides is 6. The first-order valence-electron chi connectivity index (χ1n) is 11.1. The number of halogens is 6. The third-order valence-corrected chi connectivity index (χ3v) is 5.92. The number of carbonyl (C=O) groups excluding carboxylic acids is 2. The first-order valence-corrected chi connectivity index (χ1v) is 11.1. The Kier molecular flexibility index (Phi) is 8.09. The number of rotatable bonds is 8. The lowest BCUT2D eigenvalue weighted by atomic mass is 10.1. The second-order valence-electron chi connectivity index (χ2n) is 9.02. The van der Waals surface area contributed by atoms with Crippen LogP contribution in [0.15, 0.2) is 66.7 Å². The van der Waals surface area contributed by atoms with E-state index in [0.717, 1.165) is 6.08 Å². The molecule has 202 valence electrons. The smallest absolute Gasteiger partial charge is 0.434 e. The van der Waals surface area contributed by atoms with Crippen LogP contribution in [0.1, 0.15) is 25.5 Å². The van der Waals surface area contributed by atoms with E-state index in [-0.39, 0.29) is 0 Å². The van der Waals surface area contributed by atoms with Gasteiger partial charge >= 0.3 is 24.3 Å². The molecule has 0 bridgehead atoms. The second-order valence-corrected chi connectivity index (χ2v) is 9.02. The number of nitriles is 1. The van der Waals surface area contributed by atoms with E-state index < -0.39 is 53.7 Å². The van der Waals surface area contributed by atoms with Crippen molar-refractivity contribution in [1.29, 1.82) is 5.26 Å². The van der Waals surface area contributed by atoms with Crippen molar-refractivity contribution < 1.29 is 50.1 Å². The Balaban J connectivity index is 1.65. The van der Waals surface area contributed by atoms with Crippen molar-refractivity contribution in [3.8, 4) is 17.6 Å². The summed E-state index contributed by atoms with van der Waals surface area (Å²) in [6.07, 6.45) is -15.9. The van der Waals surface area contributed by atoms with E-state index in [4.69, 9.17) is 9.47 Å². The lowest BCUT2D eigenvalue weighted by Crippen LogP contribution is -2.45. The number of nitrogens with zero attached hydrogens (tertiary/aromatic N) is 1. The van der Waals surface area contributed by atoms with Gasteiger partial charge in [0, 0.05) is 11.6 Å². The molecule has 0 aliphatic heterocycles. The summed E-state index contributed by atoms with van der Waals surface area (Å²) in [5.74, 6) is -3.45. The van der Waals surface area contributed by atoms with Crippen molar-refractivity contribution in [2.24, 2.45) is 17.3 Å². The molecule has 2 aromatic rings. The van der Waals surface area contributed by atoms with Crippen molar-refractivity contribution in [1.82, 2.24) is 0 Å². The average molecular weight is 541 g/mol. The molecule has 0 spiro atoms. The highest BCUT2D eigenvalue weighted by molar-refractivity contribution is 5.83. The predicted octanol–water partition coefficient (Wildman–Crippen LogP) is 6.45. The standard InChI is InChI=1S/C26H21F6NO5/c1-24(2)18(11-12-20(34)38-23(25(27,28)29)26(30,31)32)21(24)22(35)37-19(14-33)15-7-6-10-17(13-15)36-16-8-4-3-5-9-16/h3-13,18-19,21,23H,1-2H3/b12-11-/t18-,19?,21-/m0/s1. The number of benzene rings is 2. The van der Waals surface area contributed by atoms with Crippen LogP contribution < -0.4 is 4.74 Å². The highest BCUT2D eigenvalue weighted by atomic mass is 19.4. The SMILES string of the molecule is CC1(C)[C@H](C(=O)OC(C#N)c2cccc(Oc3ccccc3)c2)[C@@H]1/C=C\C(=O)OC(C(F)(F)F)C(F)(F)F. The average Bonchev–Trinajstić information content (AvgIpc) is 3.39. The van der Waals surface area contributed by atoms with Gasteiger partial charge in [-0.2, -0.15) is 31.6 Å². The summed E-state index contributed by atoms with van der Waals surface area (Å²) in [5, 5.41) is 9.57. The molecule has 0 saturated heterocycles. The molecule has 0 aromatic heterocycles. The Hall–Kier alpha value is -4.01. The van der Waals surface area contributed by atoms with Gasteiger partial charge in [0.05, 0.1) is 5.92 Å². The predicted molar refractivity (Wildman–Crippen MR) is 119 cm³/mol. The molecule has 0 radical (unpaired) electrons. The first kappa shape index (κ1) is 28.6. The highest BCUT2D eigenvalue weighted by Crippen LogP contribution is 2.59. The van der Waals surface area contributed by atoms with E-state index in [9.17, 15) is 41.2 Å². The van der Waals surface area contributed by atoms with E-state index in [1.807, 2.05) is 6.07 Å². The van der Waals surface area contributed by atoms with Crippen LogP contribution in [0.25, 0.3) is 0 Å². The summed E-state index contributed by atoms with van der Waals surface area (Å²) in [4.78, 5) is 24.4. The van der Waals surface area contributed by atoms with Crippen LogP contribution in [0.2, 0.25) is 0 Å². The van der Waals surface area contributed by atoms with E-state index in [1.165, 1.54) is 6.07 Å². The lowest BCUT2D eigenvalue weighted by molar-refractivity contribution is -0.312. The van der Waals surface area contributed by atoms with Crippen LogP contribution in [-0.2, 0) is 19.1 Å². The minimum Gasteiger partial charge on any atom is -0.457 e. The quantitative estimate of drug-likeness (QED) is 0.217. The zero-order valence-corrected chi connectivity index (χ0v) is 19.9. The number of carbonyl (C=O) groups is 2. The topological polar surface area (TPSA) is 85.6 Å². The fourth-order valence-electron chi connectivity index (χ4n) is 3.87. The lowest BCUT2D eigenvalue weighted by Gasteiger charge is -2.22. The number of hydrogen-bond donors (Lipinski definition) is 0. The van der Waals surface area contributed by atoms with Crippen LogP contribution in [0.5, 0.6) is 11.5 Å². The Morgan fingerprint density at radius 2 is 1.55 bits per heavy atom. The number of ether oxygens (including phenoxy) is 3. The normalized spacial score (nSPS) is 19.5. The second kappa shape index (κ2) is 10.8. The zero-order valence-electron chi connectivity index (χ0n) is 19.9. The molecule has 0 heterocycles. The maximum Gasteiger partial charge on any atom is 0.434 e. The molecule has 2 aromatic carbocycles. The van der Waals surface area contributed by atoms with Gasteiger partial charge < -0.3 is 14.2 Å². The molecule has 1 fully saturated rings. The molecule has 1 unspecified atom stereocenters. The largest absolute Gasteiger partial charge is 0.457 e. The number of allylic oxidation sites excluding steroid dienone is 1. The van der Waals surface area contributed by atoms with Gasteiger partial charge in [-0.25, -0.2) is 4.79 Å². The number of esters is 2. The van der Waals surface area contributed by atoms with E-state index >= 15 is 0 Å². The number of hydrogen-bond acceptors (Lipinski definition) is 6. The molecular formula is C26H21F6NO5. The molecule has 12 heteroatoms. The van der Waals surface area contributed by atoms with Crippen LogP contribution in [0, 0.1) is 28.6 Å². The molecule has 0 amide bonds. The molecule has 3 atom stereocenters. The molecule has 0 N–H and O–H groups in total. The Morgan fingerprint density at radius 3 is 2.13 bits per heavy atom. The minimum absolute atomic E-state index is 0.314. The fourth-order valence-corrected chi connectivity index (χ4v) is 3.87. The summed E-state index contributed by atoms with van der Waals surface area (Å²) in [7, 11) is 0. The fraction of sp³-hybridized carbons (Fsp3) is 0.346. The maximum atomic E-state index is 12.8. The van der Waals surface area contributed by atoms with Crippen LogP contribution in [0.3, 0.4) is 0 Å². The van der Waals surface area contributed by atoms with Crippen LogP contribution in [-0.4, -0.2) is 30.4 Å². The Labute approximate surface area is 213 Å². The Bertz CT molecular complexity index is 1220. The van der Waals surface area contributed by atoms with E-state index in [2.05, 4.69) is 4.74 Å². The molecule has 3 rings (SSSR count). The van der Waals surface area contributed by atoms with Gasteiger partial charge in [-0.15, -0.1) is 0 Å². The van der Waals surface area contributed by atoms with Gasteiger partial charge in [-0.3, -0.25) is 4.79 Å². The van der Waals surface area contributed by atoms with Crippen molar-refractivity contribution >= 4 is 11.9 Å². The Morgan fingerprint density at radius 1 is 0.947 bits per heavy atom. The molecule has 1 aliphatic rings. The van der Waals surface area contributed by atoms with Crippen molar-refractivity contribution in [2.45, 2.75) is 38.4 Å². The van der Waals surface area contributed by atoms with Crippen molar-refractivity contribution in [3.63, 3.8) is 0 Å². The summed E-state index contributed by atoms with van der Waals surface area (Å²) in [6.45, 7) is 3.17. The van der Waals surface area contributed by atoms with Crippen molar-refractivity contribution in [2.75, 3.05) is 0 Å². The van der Waals surface area contributed by atoms with Crippen molar-refractivity contribution in [3.05, 3.63) is 72.3 Å². The minimum atomic E-state index is -5.84. The van der Waals surface area contributed by atoms with Gasteiger partial charge in [0.15, 0.2) is 0 Å². The third-order valence-electron chi connectivity index (χ3n) is 5.92. The molecule has 38 heavy (non-hydrogen) atoms. The van der Waals surface area contributed by atoms with E-state index in [0.29, 0.717) is 23.1 Å². The monoisotopic (exact) mass is 541 g/mol. The first-order chi connectivity index (χ1) is 17.6. The highest BCUT2D eigenvalue weighted by Gasteiger charge is 2.62. The van der Waals surface area contributed by atoms with Crippen LogP contribution >= 0.6 is 0 Å². The molecule has 1 aliphatic carbocycles. The summed E-state index contributed by atoms with van der Waals surface area (Å²) in [5.41, 5.74) is -0.534. The molecule has 6 nitrogen and oxygen atoms in total. The zero-order chi connectivity index (χ0) is 28.3. The summed E-state index contributed by atoms with van der Waals surface area (Å²) in [6, 6.07) is 16.9. The maximum absolute atomic E-state index is 12.8. The molecule has 1 saturated carbocycles. The van der Waals surface area contributed by atoms with Gasteiger partial charge in [0.1, 0.15) is 17.6 Å².